The molecule has 0 unspecified atom stereocenters. The predicted octanol–water partition coefficient (Wildman–Crippen LogP) is 4.61. The zero-order valence-corrected chi connectivity index (χ0v) is 18.6. The van der Waals surface area contributed by atoms with Gasteiger partial charge in [0.2, 0.25) is 0 Å². The SMILES string of the molecule is COc1ccc(NC(=O)N2CCC(Cn3cnc4cc(C)c(C)cc43)CC2)c(OC)c1. The molecule has 2 heterocycles. The zero-order valence-electron chi connectivity index (χ0n) is 18.6. The van der Waals surface area contributed by atoms with Crippen LogP contribution in [0.5, 0.6) is 11.5 Å². The molecule has 3 aromatic rings. The van der Waals surface area contributed by atoms with Crippen LogP contribution in [0.1, 0.15) is 24.0 Å². The fourth-order valence-electron chi connectivity index (χ4n) is 4.15. The molecule has 2 aromatic carbocycles. The molecule has 4 rings (SSSR count). The number of methoxy groups -OCH3 is 2. The van der Waals surface area contributed by atoms with Crippen molar-refractivity contribution in [2.45, 2.75) is 33.2 Å². The number of nitrogens with zero attached hydrogens (tertiary/aromatic N) is 3. The lowest BCUT2D eigenvalue weighted by atomic mass is 9.97. The number of aryl methyl sites for hydroxylation is 2. The minimum atomic E-state index is -0.0962. The van der Waals surface area contributed by atoms with E-state index in [1.54, 1.807) is 26.4 Å². The number of ether oxygens (including phenoxy) is 2. The van der Waals surface area contributed by atoms with Crippen molar-refractivity contribution in [2.24, 2.45) is 5.92 Å². The van der Waals surface area contributed by atoms with E-state index in [-0.39, 0.29) is 6.03 Å². The van der Waals surface area contributed by atoms with Crippen molar-refractivity contribution < 1.29 is 14.3 Å². The lowest BCUT2D eigenvalue weighted by molar-refractivity contribution is 0.177. The number of imidazole rings is 1. The third kappa shape index (κ3) is 4.45. The highest BCUT2D eigenvalue weighted by Gasteiger charge is 2.24. The largest absolute Gasteiger partial charge is 0.497 e. The summed E-state index contributed by atoms with van der Waals surface area (Å²) in [5.74, 6) is 1.80. The molecule has 0 saturated carbocycles. The Labute approximate surface area is 183 Å². The van der Waals surface area contributed by atoms with Crippen LogP contribution in [0.25, 0.3) is 11.0 Å². The zero-order chi connectivity index (χ0) is 22.0. The summed E-state index contributed by atoms with van der Waals surface area (Å²) in [7, 11) is 3.19. The van der Waals surface area contributed by atoms with E-state index in [2.05, 4.69) is 40.8 Å². The van der Waals surface area contributed by atoms with Gasteiger partial charge in [-0.15, -0.1) is 0 Å². The summed E-state index contributed by atoms with van der Waals surface area (Å²) in [6.07, 6.45) is 3.88. The number of benzene rings is 2. The highest BCUT2D eigenvalue weighted by Crippen LogP contribution is 2.30. The van der Waals surface area contributed by atoms with Crippen LogP contribution in [-0.2, 0) is 6.54 Å². The average Bonchev–Trinajstić information content (AvgIpc) is 3.16. The summed E-state index contributed by atoms with van der Waals surface area (Å²) in [4.78, 5) is 19.2. The van der Waals surface area contributed by atoms with Crippen molar-refractivity contribution in [1.82, 2.24) is 14.5 Å². The van der Waals surface area contributed by atoms with Gasteiger partial charge in [0.25, 0.3) is 0 Å². The number of urea groups is 1. The number of piperidine rings is 1. The van der Waals surface area contributed by atoms with E-state index in [0.717, 1.165) is 38.0 Å². The monoisotopic (exact) mass is 422 g/mol. The third-order valence-electron chi connectivity index (χ3n) is 6.24. The number of anilines is 1. The second-order valence-corrected chi connectivity index (χ2v) is 8.25. The first-order valence-corrected chi connectivity index (χ1v) is 10.7. The summed E-state index contributed by atoms with van der Waals surface area (Å²) < 4.78 is 12.9. The van der Waals surface area contributed by atoms with Gasteiger partial charge in [0, 0.05) is 25.7 Å². The summed E-state index contributed by atoms with van der Waals surface area (Å²) in [6.45, 7) is 6.66. The molecule has 1 aromatic heterocycles. The molecular formula is C24H30N4O3. The maximum absolute atomic E-state index is 12.8. The molecule has 1 fully saturated rings. The maximum Gasteiger partial charge on any atom is 0.321 e. The first-order chi connectivity index (χ1) is 15.0. The lowest BCUT2D eigenvalue weighted by Gasteiger charge is -2.32. The number of likely N-dealkylation sites (tertiary alicyclic amines) is 1. The van der Waals surface area contributed by atoms with E-state index in [1.807, 2.05) is 17.3 Å². The highest BCUT2D eigenvalue weighted by molar-refractivity contribution is 5.91. The number of rotatable bonds is 5. The molecule has 0 aliphatic carbocycles. The normalized spacial score (nSPS) is 14.6. The molecule has 164 valence electrons. The second kappa shape index (κ2) is 8.88. The van der Waals surface area contributed by atoms with Crippen LogP contribution in [0.4, 0.5) is 10.5 Å². The van der Waals surface area contributed by atoms with E-state index in [9.17, 15) is 4.79 Å². The standard InChI is InChI=1S/C24H30N4O3/c1-16-11-21-22(12-17(16)2)28(15-25-21)14-18-7-9-27(10-8-18)24(29)26-20-6-5-19(30-3)13-23(20)31-4/h5-6,11-13,15,18H,7-10,14H2,1-4H3,(H,26,29). The van der Waals surface area contributed by atoms with Crippen LogP contribution in [0, 0.1) is 19.8 Å². The average molecular weight is 423 g/mol. The number of amides is 2. The molecule has 7 heteroatoms. The van der Waals surface area contributed by atoms with Gasteiger partial charge in [-0.3, -0.25) is 0 Å². The summed E-state index contributed by atoms with van der Waals surface area (Å²) in [5.41, 5.74) is 5.44. The second-order valence-electron chi connectivity index (χ2n) is 8.25. The Morgan fingerprint density at radius 2 is 1.84 bits per heavy atom. The summed E-state index contributed by atoms with van der Waals surface area (Å²) in [6, 6.07) is 9.66. The molecule has 31 heavy (non-hydrogen) atoms. The van der Waals surface area contributed by atoms with Crippen LogP contribution in [-0.4, -0.2) is 47.8 Å². The fourth-order valence-corrected chi connectivity index (χ4v) is 4.15. The van der Waals surface area contributed by atoms with Gasteiger partial charge in [0.1, 0.15) is 11.5 Å². The van der Waals surface area contributed by atoms with Gasteiger partial charge in [0.05, 0.1) is 37.3 Å². The molecule has 1 saturated heterocycles. The van der Waals surface area contributed by atoms with Gasteiger partial charge in [-0.2, -0.15) is 0 Å². The molecule has 7 nitrogen and oxygen atoms in total. The minimum absolute atomic E-state index is 0.0962. The van der Waals surface area contributed by atoms with Crippen molar-refractivity contribution >= 4 is 22.8 Å². The molecular weight excluding hydrogens is 392 g/mol. The number of aromatic nitrogens is 2. The maximum atomic E-state index is 12.8. The van der Waals surface area contributed by atoms with Crippen molar-refractivity contribution in [3.05, 3.63) is 47.8 Å². The fraction of sp³-hybridized carbons (Fsp3) is 0.417. The Balaban J connectivity index is 1.36. The Hall–Kier alpha value is -3.22. The first-order valence-electron chi connectivity index (χ1n) is 10.7. The van der Waals surface area contributed by atoms with Crippen LogP contribution in [0.3, 0.4) is 0 Å². The highest BCUT2D eigenvalue weighted by atomic mass is 16.5. The van der Waals surface area contributed by atoms with Crippen LogP contribution < -0.4 is 14.8 Å². The smallest absolute Gasteiger partial charge is 0.321 e. The number of nitrogens with one attached hydrogen (secondary N) is 1. The van der Waals surface area contributed by atoms with Crippen molar-refractivity contribution in [1.29, 1.82) is 0 Å². The van der Waals surface area contributed by atoms with Crippen LogP contribution in [0.2, 0.25) is 0 Å². The molecule has 0 atom stereocenters. The van der Waals surface area contributed by atoms with E-state index in [0.29, 0.717) is 23.1 Å². The number of fused-ring (bicyclic) bond motifs is 1. The lowest BCUT2D eigenvalue weighted by Crippen LogP contribution is -2.41. The Kier molecular flexibility index (Phi) is 6.02. The van der Waals surface area contributed by atoms with E-state index in [1.165, 1.54) is 16.6 Å². The number of hydrogen-bond donors (Lipinski definition) is 1. The molecule has 0 radical (unpaired) electrons. The molecule has 1 aliphatic heterocycles. The molecule has 0 bridgehead atoms. The topological polar surface area (TPSA) is 68.6 Å². The Morgan fingerprint density at radius 1 is 1.10 bits per heavy atom. The first kappa shape index (κ1) is 21.0. The number of carbonyl (C=O) groups excluding carboxylic acids is 1. The van der Waals surface area contributed by atoms with E-state index >= 15 is 0 Å². The molecule has 1 aliphatic rings. The van der Waals surface area contributed by atoms with Gasteiger partial charge in [-0.25, -0.2) is 9.78 Å². The Morgan fingerprint density at radius 3 is 2.55 bits per heavy atom. The Bertz CT molecular complexity index is 1080. The quantitative estimate of drug-likeness (QED) is 0.652. The minimum Gasteiger partial charge on any atom is -0.497 e. The number of hydrogen-bond acceptors (Lipinski definition) is 4. The van der Waals surface area contributed by atoms with Crippen LogP contribution >= 0.6 is 0 Å². The summed E-state index contributed by atoms with van der Waals surface area (Å²) in [5, 5.41) is 2.97. The molecule has 2 amide bonds. The van der Waals surface area contributed by atoms with Crippen molar-refractivity contribution in [2.75, 3.05) is 32.6 Å². The van der Waals surface area contributed by atoms with E-state index in [4.69, 9.17) is 9.47 Å². The van der Waals surface area contributed by atoms with Crippen molar-refractivity contribution in [3.8, 4) is 11.5 Å². The van der Waals surface area contributed by atoms with Gasteiger partial charge < -0.3 is 24.3 Å². The van der Waals surface area contributed by atoms with Gasteiger partial charge >= 0.3 is 6.03 Å². The summed E-state index contributed by atoms with van der Waals surface area (Å²) >= 11 is 0. The van der Waals surface area contributed by atoms with E-state index < -0.39 is 0 Å². The number of carbonyl (C=O) groups is 1. The predicted molar refractivity (Wildman–Crippen MR) is 122 cm³/mol. The molecule has 0 spiro atoms. The van der Waals surface area contributed by atoms with Gasteiger partial charge in [-0.1, -0.05) is 0 Å². The van der Waals surface area contributed by atoms with Crippen molar-refractivity contribution in [3.63, 3.8) is 0 Å². The van der Waals surface area contributed by atoms with Gasteiger partial charge in [-0.05, 0) is 68.0 Å². The van der Waals surface area contributed by atoms with Crippen LogP contribution in [0.15, 0.2) is 36.7 Å². The molecule has 1 N–H and O–H groups in total. The third-order valence-corrected chi connectivity index (χ3v) is 6.24. The van der Waals surface area contributed by atoms with Gasteiger partial charge in [0.15, 0.2) is 0 Å².